The number of amides is 2. The van der Waals surface area contributed by atoms with Gasteiger partial charge in [0.2, 0.25) is 0 Å². The number of carbonyl (C=O) groups excluding carboxylic acids is 2. The smallest absolute Gasteiger partial charge is 0.261 e. The quantitative estimate of drug-likeness (QED) is 0.353. The molecule has 1 fully saturated rings. The maximum Gasteiger partial charge on any atom is 0.261 e. The van der Waals surface area contributed by atoms with E-state index in [1.165, 1.54) is 14.2 Å². The number of carbonyl (C=O) groups is 2. The summed E-state index contributed by atoms with van der Waals surface area (Å²) in [6.07, 6.45) is 2.15. The van der Waals surface area contributed by atoms with E-state index >= 15 is 0 Å². The van der Waals surface area contributed by atoms with Gasteiger partial charge in [-0.25, -0.2) is 0 Å². The molecule has 10 heteroatoms. The number of nitrogens with one attached hydrogen (secondary N) is 4. The van der Waals surface area contributed by atoms with Crippen LogP contribution < -0.4 is 31.0 Å². The van der Waals surface area contributed by atoms with Gasteiger partial charge in [-0.15, -0.1) is 0 Å². The first-order chi connectivity index (χ1) is 14.3. The zero-order valence-corrected chi connectivity index (χ0v) is 18.6. The second-order valence-electron chi connectivity index (χ2n) is 7.26. The number of hydrogen-bond acceptors (Lipinski definition) is 6. The molecule has 1 aliphatic heterocycles. The van der Waals surface area contributed by atoms with E-state index in [1.54, 1.807) is 18.2 Å². The molecule has 1 saturated heterocycles. The van der Waals surface area contributed by atoms with E-state index in [1.807, 2.05) is 13.8 Å². The zero-order valence-electron chi connectivity index (χ0n) is 17.7. The second-order valence-corrected chi connectivity index (χ2v) is 7.66. The van der Waals surface area contributed by atoms with E-state index < -0.39 is 17.9 Å². The molecular formula is C20H30N4O5S. The summed E-state index contributed by atoms with van der Waals surface area (Å²) in [6, 6.07) is 4.05. The Labute approximate surface area is 182 Å². The Morgan fingerprint density at radius 3 is 2.37 bits per heavy atom. The molecule has 0 spiro atoms. The monoisotopic (exact) mass is 438 g/mol. The van der Waals surface area contributed by atoms with Gasteiger partial charge in [-0.05, 0) is 43.1 Å². The minimum Gasteiger partial charge on any atom is -0.497 e. The number of hydrazine groups is 1. The Balaban J connectivity index is 1.91. The van der Waals surface area contributed by atoms with Gasteiger partial charge in [0, 0.05) is 24.8 Å². The van der Waals surface area contributed by atoms with Crippen LogP contribution in [0.5, 0.6) is 11.5 Å². The first-order valence-corrected chi connectivity index (χ1v) is 10.2. The topological polar surface area (TPSA) is 110 Å². The number of methoxy groups -OCH3 is 2. The standard InChI is InChI=1S/C20H30N4O5S/c1-12(2)17(19(26)23-24-20(30)21-11-14-6-5-7-29-14)22-18(25)13-8-15(27-3)10-16(9-13)28-4/h8-10,12,14,17H,5-7,11H2,1-4H3,(H,22,25)(H,23,26)(H2,21,24,30)/t14-,17+/m1/s1. The predicted molar refractivity (Wildman–Crippen MR) is 116 cm³/mol. The van der Waals surface area contributed by atoms with Gasteiger partial charge in [0.25, 0.3) is 11.8 Å². The van der Waals surface area contributed by atoms with Crippen molar-refractivity contribution in [3.63, 3.8) is 0 Å². The number of ether oxygens (including phenoxy) is 3. The lowest BCUT2D eigenvalue weighted by atomic mass is 10.0. The molecule has 2 rings (SSSR count). The molecule has 1 aliphatic rings. The molecular weight excluding hydrogens is 408 g/mol. The van der Waals surface area contributed by atoms with Crippen molar-refractivity contribution in [2.24, 2.45) is 5.92 Å². The molecule has 2 atom stereocenters. The predicted octanol–water partition coefficient (Wildman–Crippen LogP) is 1.13. The van der Waals surface area contributed by atoms with Crippen LogP contribution in [-0.4, -0.2) is 56.4 Å². The normalized spacial score (nSPS) is 16.5. The summed E-state index contributed by atoms with van der Waals surface area (Å²) < 4.78 is 15.9. The summed E-state index contributed by atoms with van der Waals surface area (Å²) in [4.78, 5) is 25.3. The third-order valence-electron chi connectivity index (χ3n) is 4.66. The lowest BCUT2D eigenvalue weighted by Gasteiger charge is -2.23. The van der Waals surface area contributed by atoms with Gasteiger partial charge in [0.05, 0.1) is 20.3 Å². The molecule has 1 aromatic carbocycles. The number of benzene rings is 1. The van der Waals surface area contributed by atoms with Crippen molar-refractivity contribution in [1.82, 2.24) is 21.5 Å². The summed E-state index contributed by atoms with van der Waals surface area (Å²) in [5, 5.41) is 6.04. The Bertz CT molecular complexity index is 730. The largest absolute Gasteiger partial charge is 0.497 e. The highest BCUT2D eigenvalue weighted by atomic mass is 32.1. The molecule has 2 amide bonds. The van der Waals surface area contributed by atoms with E-state index in [-0.39, 0.29) is 17.1 Å². The maximum atomic E-state index is 12.7. The van der Waals surface area contributed by atoms with Crippen molar-refractivity contribution >= 4 is 29.1 Å². The highest BCUT2D eigenvalue weighted by Gasteiger charge is 2.25. The Morgan fingerprint density at radius 1 is 1.17 bits per heavy atom. The molecule has 1 heterocycles. The van der Waals surface area contributed by atoms with Crippen molar-refractivity contribution in [3.8, 4) is 11.5 Å². The van der Waals surface area contributed by atoms with Gasteiger partial charge in [-0.1, -0.05) is 13.8 Å². The Morgan fingerprint density at radius 2 is 1.83 bits per heavy atom. The third kappa shape index (κ3) is 7.03. The maximum absolute atomic E-state index is 12.7. The van der Waals surface area contributed by atoms with Gasteiger partial charge in [0.15, 0.2) is 5.11 Å². The first-order valence-electron chi connectivity index (χ1n) is 9.83. The molecule has 30 heavy (non-hydrogen) atoms. The zero-order chi connectivity index (χ0) is 22.1. The highest BCUT2D eigenvalue weighted by Crippen LogP contribution is 2.22. The fraction of sp³-hybridized carbons (Fsp3) is 0.550. The highest BCUT2D eigenvalue weighted by molar-refractivity contribution is 7.80. The Kier molecular flexibility index (Phi) is 9.13. The van der Waals surface area contributed by atoms with Crippen molar-refractivity contribution in [3.05, 3.63) is 23.8 Å². The second kappa shape index (κ2) is 11.6. The van der Waals surface area contributed by atoms with Gasteiger partial charge in [-0.2, -0.15) is 0 Å². The van der Waals surface area contributed by atoms with Crippen LogP contribution in [0.3, 0.4) is 0 Å². The summed E-state index contributed by atoms with van der Waals surface area (Å²) >= 11 is 5.17. The lowest BCUT2D eigenvalue weighted by Crippen LogP contribution is -2.56. The van der Waals surface area contributed by atoms with Crippen LogP contribution in [-0.2, 0) is 9.53 Å². The summed E-state index contributed by atoms with van der Waals surface area (Å²) in [7, 11) is 3.00. The number of thiocarbonyl (C=S) groups is 1. The first kappa shape index (κ1) is 23.7. The molecule has 0 bridgehead atoms. The average molecular weight is 439 g/mol. The van der Waals surface area contributed by atoms with E-state index in [4.69, 9.17) is 26.4 Å². The molecule has 0 radical (unpaired) electrons. The van der Waals surface area contributed by atoms with E-state index in [0.29, 0.717) is 23.6 Å². The summed E-state index contributed by atoms with van der Waals surface area (Å²) in [5.41, 5.74) is 5.53. The molecule has 0 aliphatic carbocycles. The minimum absolute atomic E-state index is 0.128. The van der Waals surface area contributed by atoms with Gasteiger partial charge >= 0.3 is 0 Å². The van der Waals surface area contributed by atoms with Crippen molar-refractivity contribution in [1.29, 1.82) is 0 Å². The van der Waals surface area contributed by atoms with Crippen LogP contribution in [0.25, 0.3) is 0 Å². The SMILES string of the molecule is COc1cc(OC)cc(C(=O)N[C@H](C(=O)NNC(=S)NC[C@H]2CCCO2)C(C)C)c1. The van der Waals surface area contributed by atoms with Crippen LogP contribution >= 0.6 is 12.2 Å². The Hall–Kier alpha value is -2.59. The van der Waals surface area contributed by atoms with E-state index in [2.05, 4.69) is 21.5 Å². The number of hydrogen-bond donors (Lipinski definition) is 4. The van der Waals surface area contributed by atoms with Crippen LogP contribution in [0.15, 0.2) is 18.2 Å². The molecule has 1 aromatic rings. The number of rotatable bonds is 8. The van der Waals surface area contributed by atoms with Gasteiger partial charge in [0.1, 0.15) is 17.5 Å². The summed E-state index contributed by atoms with van der Waals surface area (Å²) in [5.74, 6) is -0.0185. The molecule has 166 valence electrons. The van der Waals surface area contributed by atoms with E-state index in [9.17, 15) is 9.59 Å². The molecule has 9 nitrogen and oxygen atoms in total. The van der Waals surface area contributed by atoms with Gasteiger partial charge in [-0.3, -0.25) is 20.4 Å². The average Bonchev–Trinajstić information content (AvgIpc) is 3.27. The molecule has 0 aromatic heterocycles. The van der Waals surface area contributed by atoms with Crippen LogP contribution in [0, 0.1) is 5.92 Å². The van der Waals surface area contributed by atoms with Crippen molar-refractivity contribution in [2.75, 3.05) is 27.4 Å². The molecule has 0 saturated carbocycles. The van der Waals surface area contributed by atoms with Crippen molar-refractivity contribution < 1.29 is 23.8 Å². The van der Waals surface area contributed by atoms with Crippen LogP contribution in [0.4, 0.5) is 0 Å². The van der Waals surface area contributed by atoms with Crippen molar-refractivity contribution in [2.45, 2.75) is 38.8 Å². The van der Waals surface area contributed by atoms with Gasteiger partial charge < -0.3 is 24.8 Å². The fourth-order valence-corrected chi connectivity index (χ4v) is 3.08. The van der Waals surface area contributed by atoms with Crippen LogP contribution in [0.2, 0.25) is 0 Å². The fourth-order valence-electron chi connectivity index (χ4n) is 2.95. The third-order valence-corrected chi connectivity index (χ3v) is 4.91. The molecule has 4 N–H and O–H groups in total. The lowest BCUT2D eigenvalue weighted by molar-refractivity contribution is -0.124. The molecule has 0 unspecified atom stereocenters. The summed E-state index contributed by atoms with van der Waals surface area (Å²) in [6.45, 7) is 5.01. The van der Waals surface area contributed by atoms with Crippen LogP contribution in [0.1, 0.15) is 37.0 Å². The van der Waals surface area contributed by atoms with E-state index in [0.717, 1.165) is 19.4 Å². The minimum atomic E-state index is -0.775.